The van der Waals surface area contributed by atoms with Gasteiger partial charge in [0, 0.05) is 19.2 Å². The van der Waals surface area contributed by atoms with Gasteiger partial charge in [0.05, 0.1) is 5.69 Å². The van der Waals surface area contributed by atoms with Crippen LogP contribution in [0.15, 0.2) is 24.3 Å². The van der Waals surface area contributed by atoms with Crippen LogP contribution in [0.25, 0.3) is 6.08 Å². The van der Waals surface area contributed by atoms with E-state index in [9.17, 15) is 9.18 Å². The molecule has 1 aromatic carbocycles. The molecule has 0 bridgehead atoms. The number of carboxylic acids is 1. The first-order valence-corrected chi connectivity index (χ1v) is 6.74. The summed E-state index contributed by atoms with van der Waals surface area (Å²) in [6, 6.07) is 5.00. The number of hydrogen-bond acceptors (Lipinski definition) is 2. The van der Waals surface area contributed by atoms with E-state index in [4.69, 9.17) is 5.11 Å². The van der Waals surface area contributed by atoms with Gasteiger partial charge in [-0.15, -0.1) is 0 Å². The van der Waals surface area contributed by atoms with Crippen molar-refractivity contribution >= 4 is 17.7 Å². The monoisotopic (exact) mass is 279 g/mol. The fourth-order valence-corrected chi connectivity index (χ4v) is 2.16. The molecular formula is C16H22FNO2. The van der Waals surface area contributed by atoms with Crippen molar-refractivity contribution in [3.63, 3.8) is 0 Å². The molecule has 0 aromatic heterocycles. The molecule has 110 valence electrons. The summed E-state index contributed by atoms with van der Waals surface area (Å²) in [5.41, 5.74) is 1.07. The summed E-state index contributed by atoms with van der Waals surface area (Å²) in [5, 5.41) is 8.55. The van der Waals surface area contributed by atoms with E-state index in [1.807, 2.05) is 11.9 Å². The van der Waals surface area contributed by atoms with Crippen LogP contribution in [0.4, 0.5) is 10.1 Å². The molecule has 0 heterocycles. The van der Waals surface area contributed by atoms with Crippen molar-refractivity contribution in [1.82, 2.24) is 0 Å². The van der Waals surface area contributed by atoms with Crippen LogP contribution in [0.5, 0.6) is 0 Å². The van der Waals surface area contributed by atoms with Crippen molar-refractivity contribution in [2.45, 2.75) is 33.2 Å². The maximum atomic E-state index is 14.1. The smallest absolute Gasteiger partial charge is 0.328 e. The number of benzene rings is 1. The summed E-state index contributed by atoms with van der Waals surface area (Å²) in [7, 11) is 1.87. The minimum absolute atomic E-state index is 0.241. The second-order valence-electron chi connectivity index (χ2n) is 5.47. The summed E-state index contributed by atoms with van der Waals surface area (Å²) >= 11 is 0. The van der Waals surface area contributed by atoms with Gasteiger partial charge in [0.2, 0.25) is 0 Å². The molecular weight excluding hydrogens is 257 g/mol. The Labute approximate surface area is 119 Å². The van der Waals surface area contributed by atoms with Crippen molar-refractivity contribution in [2.75, 3.05) is 11.9 Å². The van der Waals surface area contributed by atoms with Gasteiger partial charge in [-0.25, -0.2) is 9.18 Å². The maximum absolute atomic E-state index is 14.1. The number of hydrogen-bond donors (Lipinski definition) is 1. The predicted molar refractivity (Wildman–Crippen MR) is 80.4 cm³/mol. The molecule has 0 spiro atoms. The van der Waals surface area contributed by atoms with Crippen LogP contribution in [0.3, 0.4) is 0 Å². The van der Waals surface area contributed by atoms with Gasteiger partial charge in [0.25, 0.3) is 0 Å². The van der Waals surface area contributed by atoms with E-state index in [1.54, 1.807) is 12.1 Å². The highest BCUT2D eigenvalue weighted by atomic mass is 19.1. The third kappa shape index (κ3) is 4.68. The second kappa shape index (κ2) is 7.08. The standard InChI is InChI=1S/C16H22FNO2/c1-11(2)9-12(3)18(4)15-7-5-13(10-14(15)17)6-8-16(19)20/h5-8,10-12H,9H2,1-4H3,(H,19,20). The molecule has 1 rings (SSSR count). The number of rotatable bonds is 6. The molecule has 0 fully saturated rings. The third-order valence-corrected chi connectivity index (χ3v) is 3.24. The molecule has 1 atom stereocenters. The average molecular weight is 279 g/mol. The fourth-order valence-electron chi connectivity index (χ4n) is 2.16. The zero-order chi connectivity index (χ0) is 15.3. The molecule has 0 aliphatic heterocycles. The molecule has 4 heteroatoms. The summed E-state index contributed by atoms with van der Waals surface area (Å²) in [4.78, 5) is 12.4. The molecule has 0 radical (unpaired) electrons. The lowest BCUT2D eigenvalue weighted by atomic mass is 10.0. The first-order chi connectivity index (χ1) is 9.31. The maximum Gasteiger partial charge on any atom is 0.328 e. The Bertz CT molecular complexity index is 497. The van der Waals surface area contributed by atoms with Crippen LogP contribution in [-0.4, -0.2) is 24.2 Å². The number of carbonyl (C=O) groups is 1. The van der Waals surface area contributed by atoms with Crippen molar-refractivity contribution in [3.05, 3.63) is 35.7 Å². The zero-order valence-corrected chi connectivity index (χ0v) is 12.4. The second-order valence-corrected chi connectivity index (χ2v) is 5.47. The third-order valence-electron chi connectivity index (χ3n) is 3.24. The lowest BCUT2D eigenvalue weighted by Gasteiger charge is -2.28. The summed E-state index contributed by atoms with van der Waals surface area (Å²) < 4.78 is 14.1. The fraction of sp³-hybridized carbons (Fsp3) is 0.438. The van der Waals surface area contributed by atoms with Gasteiger partial charge in [-0.05, 0) is 43.0 Å². The van der Waals surface area contributed by atoms with Gasteiger partial charge in [0.15, 0.2) is 0 Å². The summed E-state index contributed by atoms with van der Waals surface area (Å²) in [5.74, 6) is -0.832. The van der Waals surface area contributed by atoms with E-state index in [0.29, 0.717) is 17.2 Å². The van der Waals surface area contributed by atoms with Crippen LogP contribution >= 0.6 is 0 Å². The Morgan fingerprint density at radius 1 is 1.40 bits per heavy atom. The van der Waals surface area contributed by atoms with Gasteiger partial charge in [-0.3, -0.25) is 0 Å². The molecule has 1 N–H and O–H groups in total. The first-order valence-electron chi connectivity index (χ1n) is 6.74. The minimum Gasteiger partial charge on any atom is -0.478 e. The Morgan fingerprint density at radius 2 is 2.05 bits per heavy atom. The number of aliphatic carboxylic acids is 1. The normalized spacial score (nSPS) is 12.9. The average Bonchev–Trinajstić information content (AvgIpc) is 2.34. The van der Waals surface area contributed by atoms with Gasteiger partial charge in [-0.1, -0.05) is 19.9 Å². The van der Waals surface area contributed by atoms with Crippen LogP contribution in [-0.2, 0) is 4.79 Å². The summed E-state index contributed by atoms with van der Waals surface area (Å²) in [6.45, 7) is 6.35. The largest absolute Gasteiger partial charge is 0.478 e. The van der Waals surface area contributed by atoms with Crippen molar-refractivity contribution in [3.8, 4) is 0 Å². The van der Waals surface area contributed by atoms with Gasteiger partial charge >= 0.3 is 5.97 Å². The lowest BCUT2D eigenvalue weighted by Crippen LogP contribution is -2.30. The number of carboxylic acid groups (broad SMARTS) is 1. The van der Waals surface area contributed by atoms with E-state index in [2.05, 4.69) is 20.8 Å². The van der Waals surface area contributed by atoms with Crippen molar-refractivity contribution in [2.24, 2.45) is 5.92 Å². The van der Waals surface area contributed by atoms with Crippen LogP contribution in [0.1, 0.15) is 32.8 Å². The molecule has 0 aliphatic rings. The number of anilines is 1. The highest BCUT2D eigenvalue weighted by molar-refractivity contribution is 5.85. The van der Waals surface area contributed by atoms with E-state index in [1.165, 1.54) is 12.1 Å². The molecule has 0 saturated heterocycles. The van der Waals surface area contributed by atoms with Crippen LogP contribution in [0, 0.1) is 11.7 Å². The minimum atomic E-state index is -1.04. The zero-order valence-electron chi connectivity index (χ0n) is 12.4. The van der Waals surface area contributed by atoms with Crippen LogP contribution < -0.4 is 4.90 Å². The highest BCUT2D eigenvalue weighted by Gasteiger charge is 2.15. The Balaban J connectivity index is 2.89. The van der Waals surface area contributed by atoms with E-state index >= 15 is 0 Å². The molecule has 0 aliphatic carbocycles. The van der Waals surface area contributed by atoms with Gasteiger partial charge in [0.1, 0.15) is 5.82 Å². The molecule has 3 nitrogen and oxygen atoms in total. The molecule has 20 heavy (non-hydrogen) atoms. The number of halogens is 1. The van der Waals surface area contributed by atoms with Gasteiger partial charge < -0.3 is 10.0 Å². The van der Waals surface area contributed by atoms with E-state index < -0.39 is 5.97 Å². The summed E-state index contributed by atoms with van der Waals surface area (Å²) in [6.07, 6.45) is 3.36. The first kappa shape index (κ1) is 16.2. The topological polar surface area (TPSA) is 40.5 Å². The molecule has 1 unspecified atom stereocenters. The van der Waals surface area contributed by atoms with E-state index in [0.717, 1.165) is 12.5 Å². The quantitative estimate of drug-likeness (QED) is 0.805. The van der Waals surface area contributed by atoms with Crippen molar-refractivity contribution < 1.29 is 14.3 Å². The van der Waals surface area contributed by atoms with Crippen molar-refractivity contribution in [1.29, 1.82) is 0 Å². The Kier molecular flexibility index (Phi) is 5.74. The van der Waals surface area contributed by atoms with Gasteiger partial charge in [-0.2, -0.15) is 0 Å². The number of nitrogens with zero attached hydrogens (tertiary/aromatic N) is 1. The Morgan fingerprint density at radius 3 is 2.55 bits per heavy atom. The molecule has 1 aromatic rings. The lowest BCUT2D eigenvalue weighted by molar-refractivity contribution is -0.131. The van der Waals surface area contributed by atoms with Crippen LogP contribution in [0.2, 0.25) is 0 Å². The van der Waals surface area contributed by atoms with E-state index in [-0.39, 0.29) is 11.9 Å². The molecule has 0 saturated carbocycles. The highest BCUT2D eigenvalue weighted by Crippen LogP contribution is 2.24. The predicted octanol–water partition coefficient (Wildman–Crippen LogP) is 3.79. The molecule has 0 amide bonds. The SMILES string of the molecule is CC(C)CC(C)N(C)c1ccc(C=CC(=O)O)cc1F. The Hall–Kier alpha value is -1.84.